The molecule has 7 nitrogen and oxygen atoms in total. The molecule has 4 rings (SSSR count). The van der Waals surface area contributed by atoms with Crippen molar-refractivity contribution >= 4 is 16.8 Å². The normalized spacial score (nSPS) is 14.8. The molecule has 1 saturated heterocycles. The summed E-state index contributed by atoms with van der Waals surface area (Å²) in [5, 5.41) is 8.53. The second kappa shape index (κ2) is 9.07. The summed E-state index contributed by atoms with van der Waals surface area (Å²) in [5.74, 6) is 0.758. The van der Waals surface area contributed by atoms with E-state index in [-0.39, 0.29) is 5.91 Å². The number of benzene rings is 2. The molecule has 0 saturated carbocycles. The molecular formula is C22H26N4O3. The molecule has 0 atom stereocenters. The van der Waals surface area contributed by atoms with Crippen LogP contribution in [0.3, 0.4) is 0 Å². The van der Waals surface area contributed by atoms with Gasteiger partial charge in [0, 0.05) is 37.1 Å². The Morgan fingerprint density at radius 1 is 1.21 bits per heavy atom. The lowest BCUT2D eigenvalue weighted by molar-refractivity contribution is 0.0383. The summed E-state index contributed by atoms with van der Waals surface area (Å²) in [6.07, 6.45) is 1.83. The monoisotopic (exact) mass is 394 g/mol. The highest BCUT2D eigenvalue weighted by molar-refractivity contribution is 5.97. The topological polar surface area (TPSA) is 68.6 Å². The van der Waals surface area contributed by atoms with Gasteiger partial charge in [-0.25, -0.2) is 0 Å². The summed E-state index contributed by atoms with van der Waals surface area (Å²) < 4.78 is 12.6. The number of hydrogen-bond donors (Lipinski definition) is 1. The maximum Gasteiger partial charge on any atom is 0.251 e. The zero-order chi connectivity index (χ0) is 20.1. The lowest BCUT2D eigenvalue weighted by Gasteiger charge is -2.26. The molecule has 1 aliphatic heterocycles. The Balaban J connectivity index is 1.43. The van der Waals surface area contributed by atoms with Crippen LogP contribution in [0.25, 0.3) is 10.9 Å². The number of hydrogen-bond acceptors (Lipinski definition) is 5. The van der Waals surface area contributed by atoms with Crippen molar-refractivity contribution in [2.24, 2.45) is 0 Å². The molecule has 0 unspecified atom stereocenters. The van der Waals surface area contributed by atoms with E-state index in [2.05, 4.69) is 15.3 Å². The number of amides is 1. The number of methoxy groups -OCH3 is 1. The summed E-state index contributed by atoms with van der Waals surface area (Å²) in [6.45, 7) is 5.45. The quantitative estimate of drug-likeness (QED) is 0.665. The lowest BCUT2D eigenvalue weighted by Crippen LogP contribution is -2.41. The van der Waals surface area contributed by atoms with E-state index in [1.807, 2.05) is 53.3 Å². The number of fused-ring (bicyclic) bond motifs is 1. The average molecular weight is 394 g/mol. The first-order valence-corrected chi connectivity index (χ1v) is 9.90. The molecule has 2 aromatic carbocycles. The Morgan fingerprint density at radius 2 is 2.07 bits per heavy atom. The van der Waals surface area contributed by atoms with Crippen LogP contribution in [0, 0.1) is 0 Å². The molecule has 1 aromatic heterocycles. The minimum atomic E-state index is -0.0608. The van der Waals surface area contributed by atoms with E-state index in [4.69, 9.17) is 9.47 Å². The fraction of sp³-hybridized carbons (Fsp3) is 0.364. The van der Waals surface area contributed by atoms with Gasteiger partial charge in [0.15, 0.2) is 0 Å². The molecule has 0 radical (unpaired) electrons. The van der Waals surface area contributed by atoms with E-state index in [0.29, 0.717) is 18.7 Å². The van der Waals surface area contributed by atoms with E-state index < -0.39 is 0 Å². The van der Waals surface area contributed by atoms with Gasteiger partial charge in [0.2, 0.25) is 0 Å². The summed E-state index contributed by atoms with van der Waals surface area (Å²) in [7, 11) is 1.66. The Bertz CT molecular complexity index is 979. The average Bonchev–Trinajstić information content (AvgIpc) is 3.16. The summed E-state index contributed by atoms with van der Waals surface area (Å²) >= 11 is 0. The van der Waals surface area contributed by atoms with Crippen molar-refractivity contribution in [2.45, 2.75) is 6.54 Å². The Kier molecular flexibility index (Phi) is 6.07. The number of nitrogens with one attached hydrogen (secondary N) is 1. The Labute approximate surface area is 170 Å². The highest BCUT2D eigenvalue weighted by Gasteiger charge is 2.12. The Morgan fingerprint density at radius 3 is 2.90 bits per heavy atom. The molecule has 1 N–H and O–H groups in total. The highest BCUT2D eigenvalue weighted by atomic mass is 16.5. The third-order valence-corrected chi connectivity index (χ3v) is 5.19. The van der Waals surface area contributed by atoms with Crippen LogP contribution in [0.15, 0.2) is 48.7 Å². The lowest BCUT2D eigenvalue weighted by atomic mass is 10.1. The van der Waals surface area contributed by atoms with E-state index >= 15 is 0 Å². The standard InChI is InChI=1S/C22H26N4O3/c1-28-20-4-2-3-17(13-20)16-26-21-14-18(5-6-19(21)15-24-26)22(27)23-7-8-25-9-11-29-12-10-25/h2-6,13-15H,7-12,16H2,1H3,(H,23,27). The van der Waals surface area contributed by atoms with Gasteiger partial charge in [-0.2, -0.15) is 5.10 Å². The maximum absolute atomic E-state index is 12.6. The van der Waals surface area contributed by atoms with E-state index in [9.17, 15) is 4.79 Å². The van der Waals surface area contributed by atoms with Gasteiger partial charge in [-0.3, -0.25) is 14.4 Å². The van der Waals surface area contributed by atoms with Gasteiger partial charge in [0.25, 0.3) is 5.91 Å². The van der Waals surface area contributed by atoms with Gasteiger partial charge < -0.3 is 14.8 Å². The van der Waals surface area contributed by atoms with Crippen molar-refractivity contribution in [3.05, 3.63) is 59.8 Å². The molecule has 1 fully saturated rings. The van der Waals surface area contributed by atoms with Gasteiger partial charge in [0.1, 0.15) is 5.75 Å². The van der Waals surface area contributed by atoms with Crippen LogP contribution >= 0.6 is 0 Å². The molecule has 7 heteroatoms. The second-order valence-electron chi connectivity index (χ2n) is 7.14. The van der Waals surface area contributed by atoms with Crippen molar-refractivity contribution < 1.29 is 14.3 Å². The van der Waals surface area contributed by atoms with Crippen LogP contribution in [-0.2, 0) is 11.3 Å². The summed E-state index contributed by atoms with van der Waals surface area (Å²) in [6, 6.07) is 13.6. The molecule has 0 aliphatic carbocycles. The van der Waals surface area contributed by atoms with Crippen LogP contribution in [0.4, 0.5) is 0 Å². The van der Waals surface area contributed by atoms with Crippen molar-refractivity contribution in [3.8, 4) is 5.75 Å². The Hall–Kier alpha value is -2.90. The first kappa shape index (κ1) is 19.4. The second-order valence-corrected chi connectivity index (χ2v) is 7.14. The molecule has 2 heterocycles. The largest absolute Gasteiger partial charge is 0.497 e. The zero-order valence-electron chi connectivity index (χ0n) is 16.6. The van der Waals surface area contributed by atoms with Crippen LogP contribution < -0.4 is 10.1 Å². The minimum Gasteiger partial charge on any atom is -0.497 e. The SMILES string of the molecule is COc1cccc(Cn2ncc3ccc(C(=O)NCCN4CCOCC4)cc32)c1. The van der Waals surface area contributed by atoms with Crippen molar-refractivity contribution in [3.63, 3.8) is 0 Å². The molecule has 0 spiro atoms. The number of morpholine rings is 1. The predicted octanol–water partition coefficient (Wildman–Crippen LogP) is 2.16. The first-order chi connectivity index (χ1) is 14.2. The number of ether oxygens (including phenoxy) is 2. The van der Waals surface area contributed by atoms with Gasteiger partial charge >= 0.3 is 0 Å². The molecule has 29 heavy (non-hydrogen) atoms. The molecule has 0 bridgehead atoms. The smallest absolute Gasteiger partial charge is 0.251 e. The molecule has 1 aliphatic rings. The van der Waals surface area contributed by atoms with Gasteiger partial charge in [-0.05, 0) is 29.8 Å². The number of nitrogens with zero attached hydrogens (tertiary/aromatic N) is 3. The molecule has 1 amide bonds. The number of aromatic nitrogens is 2. The predicted molar refractivity (Wildman–Crippen MR) is 111 cm³/mol. The fourth-order valence-corrected chi connectivity index (χ4v) is 3.54. The summed E-state index contributed by atoms with van der Waals surface area (Å²) in [4.78, 5) is 14.9. The van der Waals surface area contributed by atoms with Crippen molar-refractivity contribution in [2.75, 3.05) is 46.5 Å². The fourth-order valence-electron chi connectivity index (χ4n) is 3.54. The summed E-state index contributed by atoms with van der Waals surface area (Å²) in [5.41, 5.74) is 2.68. The number of carbonyl (C=O) groups is 1. The van der Waals surface area contributed by atoms with E-state index in [1.54, 1.807) is 7.11 Å². The maximum atomic E-state index is 12.6. The van der Waals surface area contributed by atoms with Crippen LogP contribution in [0.5, 0.6) is 5.75 Å². The molecule has 152 valence electrons. The van der Waals surface area contributed by atoms with Crippen LogP contribution in [0.2, 0.25) is 0 Å². The van der Waals surface area contributed by atoms with Crippen molar-refractivity contribution in [1.82, 2.24) is 20.0 Å². The van der Waals surface area contributed by atoms with Gasteiger partial charge in [0.05, 0.1) is 38.6 Å². The molecular weight excluding hydrogens is 368 g/mol. The van der Waals surface area contributed by atoms with E-state index in [0.717, 1.165) is 55.1 Å². The van der Waals surface area contributed by atoms with Crippen LogP contribution in [0.1, 0.15) is 15.9 Å². The van der Waals surface area contributed by atoms with E-state index in [1.165, 1.54) is 0 Å². The third-order valence-electron chi connectivity index (χ3n) is 5.19. The van der Waals surface area contributed by atoms with Gasteiger partial charge in [-0.1, -0.05) is 18.2 Å². The first-order valence-electron chi connectivity index (χ1n) is 9.90. The zero-order valence-corrected chi connectivity index (χ0v) is 16.6. The number of rotatable bonds is 7. The van der Waals surface area contributed by atoms with Gasteiger partial charge in [-0.15, -0.1) is 0 Å². The van der Waals surface area contributed by atoms with Crippen LogP contribution in [-0.4, -0.2) is 67.1 Å². The third kappa shape index (κ3) is 4.75. The molecule has 3 aromatic rings. The minimum absolute atomic E-state index is 0.0608. The number of carbonyl (C=O) groups excluding carboxylic acids is 1. The highest BCUT2D eigenvalue weighted by Crippen LogP contribution is 2.19. The van der Waals surface area contributed by atoms with Crippen molar-refractivity contribution in [1.29, 1.82) is 0 Å².